The van der Waals surface area contributed by atoms with Gasteiger partial charge in [-0.15, -0.1) is 0 Å². The maximum Gasteiger partial charge on any atom is 0.307 e. The van der Waals surface area contributed by atoms with Gasteiger partial charge in [0.1, 0.15) is 0 Å². The highest BCUT2D eigenvalue weighted by Gasteiger charge is 2.39. The Bertz CT molecular complexity index is 175. The molecule has 70 valence electrons. The topological polar surface area (TPSA) is 37.3 Å². The van der Waals surface area contributed by atoms with Crippen molar-refractivity contribution >= 4 is 5.97 Å². The molecule has 0 heterocycles. The highest BCUT2D eigenvalue weighted by atomic mass is 16.4. The van der Waals surface area contributed by atoms with Crippen molar-refractivity contribution in [2.24, 2.45) is 23.7 Å². The van der Waals surface area contributed by atoms with Gasteiger partial charge in [0, 0.05) is 0 Å². The first-order chi connectivity index (χ1) is 5.54. The minimum Gasteiger partial charge on any atom is -0.481 e. The fourth-order valence-electron chi connectivity index (χ4n) is 2.41. The molecule has 1 saturated carbocycles. The summed E-state index contributed by atoms with van der Waals surface area (Å²) < 4.78 is 0. The Morgan fingerprint density at radius 1 is 1.42 bits per heavy atom. The molecule has 0 amide bonds. The zero-order chi connectivity index (χ0) is 9.30. The molecular formula is C10H18O2. The van der Waals surface area contributed by atoms with Crippen LogP contribution in [0.15, 0.2) is 0 Å². The van der Waals surface area contributed by atoms with Crippen LogP contribution >= 0.6 is 0 Å². The molecule has 1 fully saturated rings. The van der Waals surface area contributed by atoms with Gasteiger partial charge in [-0.1, -0.05) is 20.8 Å². The summed E-state index contributed by atoms with van der Waals surface area (Å²) in [6, 6.07) is 0. The maximum atomic E-state index is 10.9. The van der Waals surface area contributed by atoms with Gasteiger partial charge < -0.3 is 5.11 Å². The minimum absolute atomic E-state index is 0.0926. The highest BCUT2D eigenvalue weighted by Crippen LogP contribution is 2.40. The first-order valence-electron chi connectivity index (χ1n) is 4.76. The van der Waals surface area contributed by atoms with Crippen LogP contribution in [-0.2, 0) is 4.79 Å². The number of carbonyl (C=O) groups is 1. The van der Waals surface area contributed by atoms with Crippen LogP contribution in [0, 0.1) is 23.7 Å². The molecule has 0 aromatic heterocycles. The van der Waals surface area contributed by atoms with E-state index >= 15 is 0 Å². The predicted molar refractivity (Wildman–Crippen MR) is 47.9 cm³/mol. The molecule has 0 spiro atoms. The van der Waals surface area contributed by atoms with Crippen molar-refractivity contribution in [2.45, 2.75) is 33.6 Å². The van der Waals surface area contributed by atoms with Crippen LogP contribution < -0.4 is 0 Å². The fraction of sp³-hybridized carbons (Fsp3) is 0.900. The average molecular weight is 170 g/mol. The fourth-order valence-corrected chi connectivity index (χ4v) is 2.41. The normalized spacial score (nSPS) is 35.8. The molecule has 0 aliphatic heterocycles. The Balaban J connectivity index is 2.70. The predicted octanol–water partition coefficient (Wildman–Crippen LogP) is 2.39. The number of aliphatic carboxylic acids is 1. The standard InChI is InChI=1S/C10H18O2/c1-6(2)8-5-4-7(3)9(8)10(11)12/h6-9H,4-5H2,1-3H3,(H,11,12)/t7-,8+,9+/m0/s1. The van der Waals surface area contributed by atoms with Gasteiger partial charge in [-0.2, -0.15) is 0 Å². The van der Waals surface area contributed by atoms with Crippen LogP contribution in [0.25, 0.3) is 0 Å². The third-order valence-electron chi connectivity index (χ3n) is 3.17. The summed E-state index contributed by atoms with van der Waals surface area (Å²) >= 11 is 0. The Labute approximate surface area is 74.0 Å². The molecule has 2 nitrogen and oxygen atoms in total. The van der Waals surface area contributed by atoms with Gasteiger partial charge in [-0.25, -0.2) is 0 Å². The van der Waals surface area contributed by atoms with Crippen LogP contribution in [0.2, 0.25) is 0 Å². The molecule has 0 radical (unpaired) electrons. The van der Waals surface area contributed by atoms with E-state index in [1.54, 1.807) is 0 Å². The molecule has 12 heavy (non-hydrogen) atoms. The van der Waals surface area contributed by atoms with Gasteiger partial charge in [-0.05, 0) is 30.6 Å². The van der Waals surface area contributed by atoms with E-state index in [2.05, 4.69) is 20.8 Å². The molecule has 0 unspecified atom stereocenters. The Morgan fingerprint density at radius 2 is 2.00 bits per heavy atom. The molecule has 0 bridgehead atoms. The van der Waals surface area contributed by atoms with E-state index in [0.717, 1.165) is 12.8 Å². The Kier molecular flexibility index (Phi) is 2.76. The summed E-state index contributed by atoms with van der Waals surface area (Å²) in [5, 5.41) is 9.00. The first-order valence-corrected chi connectivity index (χ1v) is 4.76. The maximum absolute atomic E-state index is 10.9. The SMILES string of the molecule is CC(C)[C@H]1CC[C@H](C)[C@H]1C(=O)O. The van der Waals surface area contributed by atoms with Crippen LogP contribution in [0.1, 0.15) is 33.6 Å². The van der Waals surface area contributed by atoms with Crippen molar-refractivity contribution in [3.63, 3.8) is 0 Å². The van der Waals surface area contributed by atoms with Crippen molar-refractivity contribution in [1.29, 1.82) is 0 Å². The zero-order valence-electron chi connectivity index (χ0n) is 8.08. The molecule has 1 aliphatic carbocycles. The number of hydrogen-bond acceptors (Lipinski definition) is 1. The van der Waals surface area contributed by atoms with Gasteiger partial charge in [0.25, 0.3) is 0 Å². The van der Waals surface area contributed by atoms with Crippen molar-refractivity contribution < 1.29 is 9.90 Å². The summed E-state index contributed by atoms with van der Waals surface area (Å²) in [4.78, 5) is 10.9. The van der Waals surface area contributed by atoms with E-state index in [0.29, 0.717) is 17.8 Å². The van der Waals surface area contributed by atoms with Crippen molar-refractivity contribution in [1.82, 2.24) is 0 Å². The van der Waals surface area contributed by atoms with Crippen molar-refractivity contribution in [3.05, 3.63) is 0 Å². The lowest BCUT2D eigenvalue weighted by atomic mass is 9.83. The van der Waals surface area contributed by atoms with Crippen molar-refractivity contribution in [2.75, 3.05) is 0 Å². The lowest BCUT2D eigenvalue weighted by Crippen LogP contribution is -2.26. The average Bonchev–Trinajstić information content (AvgIpc) is 2.30. The quantitative estimate of drug-likeness (QED) is 0.691. The number of hydrogen-bond donors (Lipinski definition) is 1. The number of rotatable bonds is 2. The monoisotopic (exact) mass is 170 g/mol. The van der Waals surface area contributed by atoms with Crippen LogP contribution in [0.4, 0.5) is 0 Å². The van der Waals surface area contributed by atoms with E-state index < -0.39 is 5.97 Å². The molecule has 1 N–H and O–H groups in total. The molecule has 0 aromatic rings. The summed E-state index contributed by atoms with van der Waals surface area (Å²) in [5.41, 5.74) is 0. The summed E-state index contributed by atoms with van der Waals surface area (Å²) in [7, 11) is 0. The second kappa shape index (κ2) is 3.46. The van der Waals surface area contributed by atoms with E-state index in [1.807, 2.05) is 0 Å². The van der Waals surface area contributed by atoms with Gasteiger partial charge in [0.05, 0.1) is 5.92 Å². The van der Waals surface area contributed by atoms with Gasteiger partial charge >= 0.3 is 5.97 Å². The third-order valence-corrected chi connectivity index (χ3v) is 3.17. The van der Waals surface area contributed by atoms with Gasteiger partial charge in [-0.3, -0.25) is 4.79 Å². The second-order valence-corrected chi connectivity index (χ2v) is 4.33. The Morgan fingerprint density at radius 3 is 2.33 bits per heavy atom. The number of carboxylic acid groups (broad SMARTS) is 1. The van der Waals surface area contributed by atoms with E-state index in [1.165, 1.54) is 0 Å². The van der Waals surface area contributed by atoms with Gasteiger partial charge in [0.15, 0.2) is 0 Å². The zero-order valence-corrected chi connectivity index (χ0v) is 8.08. The summed E-state index contributed by atoms with van der Waals surface area (Å²) in [6.45, 7) is 6.30. The van der Waals surface area contributed by atoms with E-state index in [9.17, 15) is 4.79 Å². The molecule has 1 aliphatic rings. The second-order valence-electron chi connectivity index (χ2n) is 4.33. The van der Waals surface area contributed by atoms with Crippen LogP contribution in [-0.4, -0.2) is 11.1 Å². The lowest BCUT2D eigenvalue weighted by Gasteiger charge is -2.21. The minimum atomic E-state index is -0.598. The van der Waals surface area contributed by atoms with E-state index in [4.69, 9.17) is 5.11 Å². The molecule has 2 heteroatoms. The molecular weight excluding hydrogens is 152 g/mol. The Hall–Kier alpha value is -0.530. The van der Waals surface area contributed by atoms with Crippen LogP contribution in [0.3, 0.4) is 0 Å². The molecule has 3 atom stereocenters. The summed E-state index contributed by atoms with van der Waals surface area (Å²) in [6.07, 6.45) is 2.18. The smallest absolute Gasteiger partial charge is 0.307 e. The molecule has 0 saturated heterocycles. The largest absolute Gasteiger partial charge is 0.481 e. The van der Waals surface area contributed by atoms with E-state index in [-0.39, 0.29) is 5.92 Å². The number of carboxylic acids is 1. The highest BCUT2D eigenvalue weighted by molar-refractivity contribution is 5.71. The lowest BCUT2D eigenvalue weighted by molar-refractivity contribution is -0.144. The first kappa shape index (κ1) is 9.56. The molecule has 1 rings (SSSR count). The summed E-state index contributed by atoms with van der Waals surface area (Å²) in [5.74, 6) is 0.590. The molecule has 0 aromatic carbocycles. The third kappa shape index (κ3) is 1.62. The van der Waals surface area contributed by atoms with Crippen molar-refractivity contribution in [3.8, 4) is 0 Å². The van der Waals surface area contributed by atoms with Gasteiger partial charge in [0.2, 0.25) is 0 Å². The van der Waals surface area contributed by atoms with Crippen LogP contribution in [0.5, 0.6) is 0 Å².